The highest BCUT2D eigenvalue weighted by atomic mass is 35.5. The SMILES string of the molecule is CCCCC(CCC)NC(=O)c1cc(S)ccc1Cl. The first-order valence-corrected chi connectivity index (χ1v) is 7.70. The quantitative estimate of drug-likeness (QED) is 0.701. The molecule has 2 nitrogen and oxygen atoms in total. The topological polar surface area (TPSA) is 29.1 Å². The highest BCUT2D eigenvalue weighted by Gasteiger charge is 2.15. The van der Waals surface area contributed by atoms with Gasteiger partial charge in [0.1, 0.15) is 0 Å². The summed E-state index contributed by atoms with van der Waals surface area (Å²) in [5.41, 5.74) is 0.506. The summed E-state index contributed by atoms with van der Waals surface area (Å²) in [6.07, 6.45) is 5.36. The maximum Gasteiger partial charge on any atom is 0.253 e. The van der Waals surface area contributed by atoms with Crippen molar-refractivity contribution < 1.29 is 4.79 Å². The van der Waals surface area contributed by atoms with E-state index in [1.54, 1.807) is 18.2 Å². The summed E-state index contributed by atoms with van der Waals surface area (Å²) in [6.45, 7) is 4.29. The molecule has 0 bridgehead atoms. The highest BCUT2D eigenvalue weighted by Crippen LogP contribution is 2.20. The normalized spacial score (nSPS) is 12.2. The summed E-state index contributed by atoms with van der Waals surface area (Å²) >= 11 is 10.3. The minimum Gasteiger partial charge on any atom is -0.349 e. The Kier molecular flexibility index (Phi) is 7.32. The molecule has 1 rings (SSSR count). The zero-order chi connectivity index (χ0) is 14.3. The zero-order valence-corrected chi connectivity index (χ0v) is 13.2. The van der Waals surface area contributed by atoms with Crippen molar-refractivity contribution >= 4 is 30.1 Å². The van der Waals surface area contributed by atoms with Gasteiger partial charge in [-0.2, -0.15) is 0 Å². The molecule has 0 aliphatic rings. The summed E-state index contributed by atoms with van der Waals surface area (Å²) in [5, 5.41) is 3.55. The number of carbonyl (C=O) groups excluding carboxylic acids is 1. The Hall–Kier alpha value is -0.670. The lowest BCUT2D eigenvalue weighted by molar-refractivity contribution is 0.0932. The molecule has 1 atom stereocenters. The van der Waals surface area contributed by atoms with Gasteiger partial charge in [0.15, 0.2) is 0 Å². The zero-order valence-electron chi connectivity index (χ0n) is 11.6. The number of benzene rings is 1. The van der Waals surface area contributed by atoms with Crippen LogP contribution in [0.5, 0.6) is 0 Å². The molecule has 0 radical (unpaired) electrons. The Bertz CT molecular complexity index is 423. The van der Waals surface area contributed by atoms with Crippen molar-refractivity contribution in [2.24, 2.45) is 0 Å². The van der Waals surface area contributed by atoms with Gasteiger partial charge >= 0.3 is 0 Å². The van der Waals surface area contributed by atoms with Gasteiger partial charge in [-0.05, 0) is 31.0 Å². The van der Waals surface area contributed by atoms with Gasteiger partial charge in [-0.25, -0.2) is 0 Å². The molecule has 0 saturated carbocycles. The van der Waals surface area contributed by atoms with Crippen LogP contribution in [-0.2, 0) is 0 Å². The second-order valence-corrected chi connectivity index (χ2v) is 5.69. The number of hydrogen-bond acceptors (Lipinski definition) is 2. The van der Waals surface area contributed by atoms with E-state index < -0.39 is 0 Å². The van der Waals surface area contributed by atoms with E-state index in [-0.39, 0.29) is 11.9 Å². The van der Waals surface area contributed by atoms with E-state index in [0.29, 0.717) is 10.6 Å². The van der Waals surface area contributed by atoms with Gasteiger partial charge in [-0.3, -0.25) is 4.79 Å². The van der Waals surface area contributed by atoms with Crippen molar-refractivity contribution in [1.82, 2.24) is 5.32 Å². The molecule has 1 unspecified atom stereocenters. The maximum absolute atomic E-state index is 12.2. The Morgan fingerprint density at radius 1 is 1.32 bits per heavy atom. The van der Waals surface area contributed by atoms with E-state index in [1.807, 2.05) is 0 Å². The molecule has 19 heavy (non-hydrogen) atoms. The third-order valence-corrected chi connectivity index (χ3v) is 3.68. The summed E-state index contributed by atoms with van der Waals surface area (Å²) in [7, 11) is 0. The molecule has 1 amide bonds. The Labute approximate surface area is 126 Å². The second kappa shape index (κ2) is 8.49. The van der Waals surface area contributed by atoms with Crippen molar-refractivity contribution in [2.75, 3.05) is 0 Å². The summed E-state index contributed by atoms with van der Waals surface area (Å²) in [5.74, 6) is -0.101. The molecule has 0 heterocycles. The monoisotopic (exact) mass is 299 g/mol. The van der Waals surface area contributed by atoms with Gasteiger partial charge in [0.05, 0.1) is 10.6 Å². The predicted molar refractivity (Wildman–Crippen MR) is 84.4 cm³/mol. The Morgan fingerprint density at radius 3 is 2.68 bits per heavy atom. The number of nitrogens with one attached hydrogen (secondary N) is 1. The van der Waals surface area contributed by atoms with Gasteiger partial charge in [-0.15, -0.1) is 12.6 Å². The predicted octanol–water partition coefficient (Wildman–Crippen LogP) is 4.72. The number of amides is 1. The highest BCUT2D eigenvalue weighted by molar-refractivity contribution is 7.80. The fourth-order valence-corrected chi connectivity index (χ4v) is 2.45. The van der Waals surface area contributed by atoms with Crippen LogP contribution in [0.4, 0.5) is 0 Å². The van der Waals surface area contributed by atoms with E-state index in [0.717, 1.165) is 37.0 Å². The fourth-order valence-electron chi connectivity index (χ4n) is 2.04. The molecule has 0 aliphatic heterocycles. The van der Waals surface area contributed by atoms with E-state index in [4.69, 9.17) is 11.6 Å². The number of unbranched alkanes of at least 4 members (excludes halogenated alkanes) is 1. The maximum atomic E-state index is 12.2. The number of hydrogen-bond donors (Lipinski definition) is 2. The second-order valence-electron chi connectivity index (χ2n) is 4.77. The van der Waals surface area contributed by atoms with Crippen molar-refractivity contribution in [3.8, 4) is 0 Å². The first-order valence-electron chi connectivity index (χ1n) is 6.87. The van der Waals surface area contributed by atoms with Gasteiger partial charge in [0, 0.05) is 10.9 Å². The minimum absolute atomic E-state index is 0.101. The van der Waals surface area contributed by atoms with Crippen LogP contribution in [-0.4, -0.2) is 11.9 Å². The number of halogens is 1. The largest absolute Gasteiger partial charge is 0.349 e. The molecule has 1 N–H and O–H groups in total. The molecule has 1 aromatic rings. The lowest BCUT2D eigenvalue weighted by atomic mass is 10.0. The first-order chi connectivity index (χ1) is 9.08. The van der Waals surface area contributed by atoms with Crippen LogP contribution < -0.4 is 5.32 Å². The summed E-state index contributed by atoms with van der Waals surface area (Å²) < 4.78 is 0. The molecule has 0 fully saturated rings. The van der Waals surface area contributed by atoms with E-state index >= 15 is 0 Å². The molecule has 106 valence electrons. The summed E-state index contributed by atoms with van der Waals surface area (Å²) in [6, 6.07) is 5.43. The molecule has 1 aromatic carbocycles. The number of carbonyl (C=O) groups is 1. The number of thiol groups is 1. The molecule has 0 saturated heterocycles. The van der Waals surface area contributed by atoms with Crippen molar-refractivity contribution in [1.29, 1.82) is 0 Å². The molecular weight excluding hydrogens is 278 g/mol. The molecule has 0 aliphatic carbocycles. The van der Waals surface area contributed by atoms with Gasteiger partial charge in [-0.1, -0.05) is 44.7 Å². The van der Waals surface area contributed by atoms with Crippen molar-refractivity contribution in [2.45, 2.75) is 56.9 Å². The van der Waals surface area contributed by atoms with E-state index in [1.165, 1.54) is 0 Å². The average molecular weight is 300 g/mol. The van der Waals surface area contributed by atoms with Crippen LogP contribution in [0, 0.1) is 0 Å². The fraction of sp³-hybridized carbons (Fsp3) is 0.533. The molecule has 0 aromatic heterocycles. The molecule has 0 spiro atoms. The first kappa shape index (κ1) is 16.4. The van der Waals surface area contributed by atoms with Gasteiger partial charge < -0.3 is 5.32 Å². The van der Waals surface area contributed by atoms with Crippen molar-refractivity contribution in [3.63, 3.8) is 0 Å². The lowest BCUT2D eigenvalue weighted by Gasteiger charge is -2.18. The molecule has 4 heteroatoms. The van der Waals surface area contributed by atoms with Crippen LogP contribution in [0.15, 0.2) is 23.1 Å². The van der Waals surface area contributed by atoms with Gasteiger partial charge in [0.2, 0.25) is 0 Å². The van der Waals surface area contributed by atoms with Crippen LogP contribution in [0.2, 0.25) is 5.02 Å². The van der Waals surface area contributed by atoms with E-state index in [2.05, 4.69) is 31.8 Å². The van der Waals surface area contributed by atoms with Gasteiger partial charge in [0.25, 0.3) is 5.91 Å². The molecular formula is C15H22ClNOS. The van der Waals surface area contributed by atoms with Crippen LogP contribution >= 0.6 is 24.2 Å². The summed E-state index contributed by atoms with van der Waals surface area (Å²) in [4.78, 5) is 13.0. The van der Waals surface area contributed by atoms with Crippen LogP contribution in [0.1, 0.15) is 56.3 Å². The Morgan fingerprint density at radius 2 is 2.05 bits per heavy atom. The lowest BCUT2D eigenvalue weighted by Crippen LogP contribution is -2.34. The van der Waals surface area contributed by atoms with E-state index in [9.17, 15) is 4.79 Å². The van der Waals surface area contributed by atoms with Crippen LogP contribution in [0.3, 0.4) is 0 Å². The van der Waals surface area contributed by atoms with Crippen molar-refractivity contribution in [3.05, 3.63) is 28.8 Å². The standard InChI is InChI=1S/C15H22ClNOS/c1-3-5-7-11(6-4-2)17-15(18)13-10-12(19)8-9-14(13)16/h8-11,19H,3-7H2,1-2H3,(H,17,18). The number of rotatable bonds is 7. The third-order valence-electron chi connectivity index (χ3n) is 3.07. The minimum atomic E-state index is -0.101. The third kappa shape index (κ3) is 5.45. The Balaban J connectivity index is 2.72. The average Bonchev–Trinajstić information content (AvgIpc) is 2.39. The smallest absolute Gasteiger partial charge is 0.253 e. The van der Waals surface area contributed by atoms with Crippen LogP contribution in [0.25, 0.3) is 0 Å².